The van der Waals surface area contributed by atoms with Crippen molar-refractivity contribution < 1.29 is 23.5 Å². The van der Waals surface area contributed by atoms with Crippen LogP contribution in [0.3, 0.4) is 0 Å². The predicted octanol–water partition coefficient (Wildman–Crippen LogP) is 1.59. The van der Waals surface area contributed by atoms with Gasteiger partial charge in [0, 0.05) is 5.54 Å². The van der Waals surface area contributed by atoms with E-state index in [2.05, 4.69) is 9.51 Å². The van der Waals surface area contributed by atoms with Gasteiger partial charge < -0.3 is 9.38 Å². The summed E-state index contributed by atoms with van der Waals surface area (Å²) in [5, 5.41) is 0. The van der Waals surface area contributed by atoms with Gasteiger partial charge in [0.15, 0.2) is 0 Å². The van der Waals surface area contributed by atoms with Crippen LogP contribution in [0, 0.1) is 0 Å². The van der Waals surface area contributed by atoms with Gasteiger partial charge in [0.25, 0.3) is 0 Å². The van der Waals surface area contributed by atoms with Crippen molar-refractivity contribution in [2.75, 3.05) is 47.9 Å². The van der Waals surface area contributed by atoms with E-state index in [1.54, 1.807) is 0 Å². The number of hydrogen-bond donors (Lipinski definition) is 2. The minimum atomic E-state index is -3.91. The van der Waals surface area contributed by atoms with Crippen molar-refractivity contribution in [3.05, 3.63) is 0 Å². The molecule has 0 saturated heterocycles. The summed E-state index contributed by atoms with van der Waals surface area (Å²) in [6.45, 7) is 5.08. The third-order valence-corrected chi connectivity index (χ3v) is 4.62. The first-order valence-electron chi connectivity index (χ1n) is 6.43. The van der Waals surface area contributed by atoms with Gasteiger partial charge in [-0.05, 0) is 39.1 Å². The lowest BCUT2D eigenvalue weighted by Gasteiger charge is -2.28. The minimum absolute atomic E-state index is 0.167. The molecular weight excluding hydrogens is 305 g/mol. The van der Waals surface area contributed by atoms with Crippen LogP contribution in [0.2, 0.25) is 0 Å². The van der Waals surface area contributed by atoms with Crippen molar-refractivity contribution in [2.24, 2.45) is 0 Å². The summed E-state index contributed by atoms with van der Waals surface area (Å²) < 4.78 is 18.5. The Bertz CT molecular complexity index is 336. The molecule has 0 aromatic heterocycles. The first kappa shape index (κ1) is 20.3. The van der Waals surface area contributed by atoms with Crippen LogP contribution in [0.15, 0.2) is 0 Å². The topological polar surface area (TPSA) is 71.0 Å². The maximum Gasteiger partial charge on any atom is 0.432 e. The van der Waals surface area contributed by atoms with Crippen molar-refractivity contribution in [3.8, 4) is 0 Å². The van der Waals surface area contributed by atoms with Crippen LogP contribution in [0.25, 0.3) is 0 Å². The van der Waals surface area contributed by atoms with Crippen molar-refractivity contribution in [3.63, 3.8) is 0 Å². The largest absolute Gasteiger partial charge is 0.432 e. The predicted molar refractivity (Wildman–Crippen MR) is 80.1 cm³/mol. The molecule has 0 rings (SSSR count). The first-order valence-corrected chi connectivity index (χ1v) is 8.34. The Morgan fingerprint density at radius 3 is 2.40 bits per heavy atom. The lowest BCUT2D eigenvalue weighted by atomic mass is 10.0. The molecule has 0 aliphatic carbocycles. The van der Waals surface area contributed by atoms with Crippen molar-refractivity contribution in [1.82, 2.24) is 9.51 Å². The minimum Gasteiger partial charge on any atom is -0.330 e. The Labute approximate surface area is 127 Å². The molecule has 1 unspecified atom stereocenters. The highest BCUT2D eigenvalue weighted by molar-refractivity contribution is 7.50. The maximum absolute atomic E-state index is 11.9. The second-order valence-electron chi connectivity index (χ2n) is 6.51. The number of likely N-dealkylation sites (N-methyl/N-ethyl adjacent to an activating group) is 2. The second-order valence-corrected chi connectivity index (χ2v) is 8.51. The molecule has 0 aromatic rings. The Kier molecular flexibility index (Phi) is 8.17. The van der Waals surface area contributed by atoms with E-state index in [1.165, 1.54) is 11.7 Å². The molecule has 7 nitrogen and oxygen atoms in total. The van der Waals surface area contributed by atoms with Crippen molar-refractivity contribution in [1.29, 1.82) is 0 Å². The van der Waals surface area contributed by atoms with E-state index in [9.17, 15) is 9.46 Å². The summed E-state index contributed by atoms with van der Waals surface area (Å²) in [6.07, 6.45) is 0.541. The highest BCUT2D eigenvalue weighted by atomic mass is 35.5. The Hall–Kier alpha value is 0.280. The lowest BCUT2D eigenvalue weighted by molar-refractivity contribution is -0.869. The van der Waals surface area contributed by atoms with E-state index in [-0.39, 0.29) is 12.1 Å². The van der Waals surface area contributed by atoms with Crippen LogP contribution in [0.5, 0.6) is 0 Å². The molecule has 1 atom stereocenters. The summed E-state index contributed by atoms with van der Waals surface area (Å²) >= 11 is 5.54. The first-order chi connectivity index (χ1) is 8.90. The van der Waals surface area contributed by atoms with E-state index in [0.29, 0.717) is 24.0 Å². The molecule has 0 amide bonds. The average molecular weight is 333 g/mol. The number of nitrogens with one attached hydrogen (secondary N) is 1. The summed E-state index contributed by atoms with van der Waals surface area (Å²) in [5.74, 6) is 0. The van der Waals surface area contributed by atoms with Gasteiger partial charge in [0.2, 0.25) is 0 Å². The molecule has 0 bridgehead atoms. The number of rotatable bonds is 10. The van der Waals surface area contributed by atoms with Crippen LogP contribution < -0.4 is 4.84 Å². The standard InChI is InChI=1S/C11H27ClN3O4P/c1-11(2,13-12)7-10-18-19-20(16,17)14(3)8-9-15(4,5)6/h13H,7-10H2,1-6H3/p+1. The monoisotopic (exact) mass is 332 g/mol. The van der Waals surface area contributed by atoms with Gasteiger partial charge in [-0.2, -0.15) is 0 Å². The third kappa shape index (κ3) is 9.26. The molecule has 0 aliphatic rings. The molecule has 0 spiro atoms. The van der Waals surface area contributed by atoms with Crippen molar-refractivity contribution >= 4 is 19.5 Å². The molecular formula is C11H28ClN3O4P+. The van der Waals surface area contributed by atoms with E-state index < -0.39 is 7.75 Å². The number of hydrogen-bond acceptors (Lipinski definition) is 4. The Morgan fingerprint density at radius 1 is 1.40 bits per heavy atom. The molecule has 2 N–H and O–H groups in total. The molecule has 0 aliphatic heterocycles. The van der Waals surface area contributed by atoms with E-state index in [4.69, 9.17) is 16.7 Å². The normalized spacial score (nSPS) is 16.4. The van der Waals surface area contributed by atoms with Crippen LogP contribution >= 0.6 is 19.5 Å². The van der Waals surface area contributed by atoms with Gasteiger partial charge in [-0.25, -0.2) is 19.0 Å². The quantitative estimate of drug-likeness (QED) is 0.158. The SMILES string of the molecule is CN(CC[N+](C)(C)C)P(=O)(O)OOCCC(C)(C)NCl. The maximum atomic E-state index is 11.9. The summed E-state index contributed by atoms with van der Waals surface area (Å²) in [7, 11) is 3.65. The smallest absolute Gasteiger partial charge is 0.330 e. The highest BCUT2D eigenvalue weighted by Gasteiger charge is 2.29. The highest BCUT2D eigenvalue weighted by Crippen LogP contribution is 2.45. The van der Waals surface area contributed by atoms with E-state index in [0.717, 1.165) is 0 Å². The zero-order valence-electron chi connectivity index (χ0n) is 13.2. The van der Waals surface area contributed by atoms with Crippen LogP contribution in [0.1, 0.15) is 20.3 Å². The average Bonchev–Trinajstić information content (AvgIpc) is 2.30. The van der Waals surface area contributed by atoms with Gasteiger partial charge >= 0.3 is 7.75 Å². The number of halogens is 1. The van der Waals surface area contributed by atoms with Gasteiger partial charge in [-0.3, -0.25) is 0 Å². The Morgan fingerprint density at radius 2 is 1.95 bits per heavy atom. The van der Waals surface area contributed by atoms with E-state index >= 15 is 0 Å². The summed E-state index contributed by atoms with van der Waals surface area (Å²) in [5.41, 5.74) is -0.333. The Balaban J connectivity index is 4.09. The molecule has 0 radical (unpaired) electrons. The lowest BCUT2D eigenvalue weighted by Crippen LogP contribution is -2.40. The zero-order chi connectivity index (χ0) is 16.0. The van der Waals surface area contributed by atoms with E-state index in [1.807, 2.05) is 35.0 Å². The zero-order valence-corrected chi connectivity index (χ0v) is 14.9. The third-order valence-electron chi connectivity index (χ3n) is 2.74. The van der Waals surface area contributed by atoms with Gasteiger partial charge in [-0.15, -0.1) is 4.67 Å². The fourth-order valence-corrected chi connectivity index (χ4v) is 1.84. The number of quaternary nitrogens is 1. The molecule has 9 heteroatoms. The molecule has 122 valence electrons. The fraction of sp³-hybridized carbons (Fsp3) is 1.00. The van der Waals surface area contributed by atoms with Gasteiger partial charge in [0.05, 0.1) is 40.8 Å². The molecule has 0 heterocycles. The molecule has 0 aromatic carbocycles. The molecule has 0 fully saturated rings. The fourth-order valence-electron chi connectivity index (χ4n) is 1.08. The molecule has 20 heavy (non-hydrogen) atoms. The van der Waals surface area contributed by atoms with Crippen LogP contribution in [-0.4, -0.2) is 67.5 Å². The summed E-state index contributed by atoms with van der Waals surface area (Å²) in [4.78, 5) is 17.2. The van der Waals surface area contributed by atoms with Gasteiger partial charge in [-0.1, -0.05) is 0 Å². The summed E-state index contributed by atoms with van der Waals surface area (Å²) in [6, 6.07) is 0. The second kappa shape index (κ2) is 8.06. The van der Waals surface area contributed by atoms with Gasteiger partial charge in [0.1, 0.15) is 0 Å². The molecule has 0 saturated carbocycles. The number of nitrogens with zero attached hydrogens (tertiary/aromatic N) is 2. The van der Waals surface area contributed by atoms with Crippen LogP contribution in [-0.2, 0) is 14.1 Å². The van der Waals surface area contributed by atoms with Crippen LogP contribution in [0.4, 0.5) is 0 Å². The van der Waals surface area contributed by atoms with Crippen molar-refractivity contribution in [2.45, 2.75) is 25.8 Å².